The normalized spacial score (nSPS) is 45.4. The molecule has 4 aliphatic carbocycles. The molecule has 0 radical (unpaired) electrons. The van der Waals surface area contributed by atoms with Crippen molar-refractivity contribution in [3.8, 4) is 0 Å². The first-order chi connectivity index (χ1) is 9.13. The Kier molecular flexibility index (Phi) is 2.68. The Labute approximate surface area is 114 Å². The number of ether oxygens (including phenoxy) is 1. The summed E-state index contributed by atoms with van der Waals surface area (Å²) in [4.78, 5) is 13.1. The van der Waals surface area contributed by atoms with Crippen LogP contribution in [-0.2, 0) is 9.53 Å². The van der Waals surface area contributed by atoms with E-state index in [2.05, 4.69) is 4.90 Å². The number of nitrogens with zero attached hydrogens (tertiary/aromatic N) is 1. The molecule has 0 atom stereocenters. The number of hydrogen-bond donors (Lipinski definition) is 1. The van der Waals surface area contributed by atoms with Crippen molar-refractivity contribution in [2.75, 3.05) is 19.7 Å². The second-order valence-electron chi connectivity index (χ2n) is 7.37. The number of carbonyl (C=O) groups is 1. The van der Waals surface area contributed by atoms with Crippen molar-refractivity contribution in [2.45, 2.75) is 50.2 Å². The van der Waals surface area contributed by atoms with Crippen LogP contribution in [0.3, 0.4) is 0 Å². The Bertz CT molecular complexity index is 354. The van der Waals surface area contributed by atoms with Gasteiger partial charge in [-0.2, -0.15) is 0 Å². The van der Waals surface area contributed by atoms with Crippen molar-refractivity contribution >= 4 is 5.97 Å². The molecular formula is C15H23NO3. The minimum Gasteiger partial charge on any atom is -0.480 e. The van der Waals surface area contributed by atoms with E-state index in [1.54, 1.807) is 0 Å². The minimum absolute atomic E-state index is 0.140. The van der Waals surface area contributed by atoms with Crippen LogP contribution in [0.1, 0.15) is 38.5 Å². The Morgan fingerprint density at radius 1 is 1.11 bits per heavy atom. The predicted molar refractivity (Wildman–Crippen MR) is 69.9 cm³/mol. The van der Waals surface area contributed by atoms with E-state index < -0.39 is 5.97 Å². The molecule has 0 aromatic heterocycles. The summed E-state index contributed by atoms with van der Waals surface area (Å²) in [5, 5.41) is 8.64. The summed E-state index contributed by atoms with van der Waals surface area (Å²) in [5.41, 5.74) is 0.470. The van der Waals surface area contributed by atoms with Crippen LogP contribution >= 0.6 is 0 Å². The zero-order valence-electron chi connectivity index (χ0n) is 11.4. The van der Waals surface area contributed by atoms with Crippen molar-refractivity contribution in [2.24, 2.45) is 17.8 Å². The number of likely N-dealkylation sites (tertiary alicyclic amines) is 1. The van der Waals surface area contributed by atoms with Gasteiger partial charge in [0.25, 0.3) is 0 Å². The van der Waals surface area contributed by atoms with Gasteiger partial charge in [0.15, 0.2) is 0 Å². The molecule has 0 aromatic carbocycles. The van der Waals surface area contributed by atoms with Crippen LogP contribution in [-0.4, -0.2) is 47.3 Å². The molecule has 5 fully saturated rings. The maximum absolute atomic E-state index is 10.5. The lowest BCUT2D eigenvalue weighted by atomic mass is 9.52. The molecule has 1 aliphatic heterocycles. The molecule has 4 heteroatoms. The highest BCUT2D eigenvalue weighted by Gasteiger charge is 2.55. The van der Waals surface area contributed by atoms with Gasteiger partial charge in [-0.15, -0.1) is 0 Å². The number of carboxylic acid groups (broad SMARTS) is 1. The molecule has 0 amide bonds. The van der Waals surface area contributed by atoms with Crippen LogP contribution in [0, 0.1) is 17.8 Å². The van der Waals surface area contributed by atoms with Crippen molar-refractivity contribution in [3.63, 3.8) is 0 Å². The molecule has 1 heterocycles. The van der Waals surface area contributed by atoms with Gasteiger partial charge >= 0.3 is 5.97 Å². The molecule has 0 unspecified atom stereocenters. The Balaban J connectivity index is 1.37. The number of carboxylic acids is 1. The largest absolute Gasteiger partial charge is 0.480 e. The summed E-state index contributed by atoms with van der Waals surface area (Å²) in [5.74, 6) is 2.08. The summed E-state index contributed by atoms with van der Waals surface area (Å²) in [7, 11) is 0. The SMILES string of the molecule is O=C(O)COC1CN(C23CC4CC(CC(C4)C2)C3)C1. The lowest BCUT2D eigenvalue weighted by Crippen LogP contribution is -2.68. The van der Waals surface area contributed by atoms with E-state index in [1.165, 1.54) is 38.5 Å². The van der Waals surface area contributed by atoms with Crippen molar-refractivity contribution in [3.05, 3.63) is 0 Å². The molecule has 19 heavy (non-hydrogen) atoms. The highest BCUT2D eigenvalue weighted by atomic mass is 16.5. The Hall–Kier alpha value is -0.610. The maximum atomic E-state index is 10.5. The van der Waals surface area contributed by atoms with E-state index in [1.807, 2.05) is 0 Å². The summed E-state index contributed by atoms with van der Waals surface area (Å²) in [6.07, 6.45) is 8.77. The van der Waals surface area contributed by atoms with Crippen molar-refractivity contribution < 1.29 is 14.6 Å². The van der Waals surface area contributed by atoms with Crippen LogP contribution < -0.4 is 0 Å². The van der Waals surface area contributed by atoms with Gasteiger partial charge in [-0.1, -0.05) is 0 Å². The Morgan fingerprint density at radius 2 is 1.63 bits per heavy atom. The summed E-state index contributed by atoms with van der Waals surface area (Å²) < 4.78 is 5.39. The average molecular weight is 265 g/mol. The average Bonchev–Trinajstić information content (AvgIpc) is 2.23. The number of hydrogen-bond acceptors (Lipinski definition) is 3. The summed E-state index contributed by atoms with van der Waals surface area (Å²) >= 11 is 0. The molecule has 5 aliphatic rings. The molecule has 0 aromatic rings. The van der Waals surface area contributed by atoms with Crippen LogP contribution in [0.25, 0.3) is 0 Å². The van der Waals surface area contributed by atoms with Crippen molar-refractivity contribution in [1.29, 1.82) is 0 Å². The van der Waals surface area contributed by atoms with Gasteiger partial charge in [-0.25, -0.2) is 4.79 Å². The van der Waals surface area contributed by atoms with Gasteiger partial charge in [0.05, 0.1) is 6.10 Å². The van der Waals surface area contributed by atoms with Gasteiger partial charge < -0.3 is 9.84 Å². The zero-order valence-corrected chi connectivity index (χ0v) is 11.4. The highest BCUT2D eigenvalue weighted by molar-refractivity contribution is 5.68. The maximum Gasteiger partial charge on any atom is 0.329 e. The van der Waals surface area contributed by atoms with E-state index >= 15 is 0 Å². The monoisotopic (exact) mass is 265 g/mol. The second-order valence-corrected chi connectivity index (χ2v) is 7.37. The Morgan fingerprint density at radius 3 is 2.11 bits per heavy atom. The van der Waals surface area contributed by atoms with Gasteiger partial charge in [0.2, 0.25) is 0 Å². The lowest BCUT2D eigenvalue weighted by molar-refractivity contribution is -0.169. The van der Waals surface area contributed by atoms with Gasteiger partial charge in [-0.3, -0.25) is 4.90 Å². The van der Waals surface area contributed by atoms with Gasteiger partial charge in [0, 0.05) is 18.6 Å². The van der Waals surface area contributed by atoms with E-state index in [0.717, 1.165) is 30.8 Å². The van der Waals surface area contributed by atoms with Crippen LogP contribution in [0.2, 0.25) is 0 Å². The first-order valence-electron chi connectivity index (χ1n) is 7.71. The van der Waals surface area contributed by atoms with Crippen LogP contribution in [0.5, 0.6) is 0 Å². The number of rotatable bonds is 4. The van der Waals surface area contributed by atoms with Crippen LogP contribution in [0.4, 0.5) is 0 Å². The fourth-order valence-electron chi connectivity index (χ4n) is 5.57. The van der Waals surface area contributed by atoms with E-state index in [4.69, 9.17) is 9.84 Å². The third-order valence-corrected chi connectivity index (χ3v) is 5.97. The quantitative estimate of drug-likeness (QED) is 0.841. The zero-order chi connectivity index (χ0) is 13.0. The minimum atomic E-state index is -0.853. The first kappa shape index (κ1) is 12.2. The fourth-order valence-corrected chi connectivity index (χ4v) is 5.57. The van der Waals surface area contributed by atoms with E-state index in [-0.39, 0.29) is 12.7 Å². The van der Waals surface area contributed by atoms with Gasteiger partial charge in [-0.05, 0) is 56.3 Å². The molecule has 4 bridgehead atoms. The molecule has 4 nitrogen and oxygen atoms in total. The molecule has 106 valence electrons. The highest BCUT2D eigenvalue weighted by Crippen LogP contribution is 2.58. The summed E-state index contributed by atoms with van der Waals surface area (Å²) in [6.45, 7) is 1.78. The standard InChI is InChI=1S/C15H23NO3/c17-14(18)9-19-13-7-16(8-13)15-4-10-1-11(5-15)3-12(2-10)6-15/h10-13H,1-9H2,(H,17,18). The molecule has 5 rings (SSSR count). The topological polar surface area (TPSA) is 49.8 Å². The van der Waals surface area contributed by atoms with Gasteiger partial charge in [0.1, 0.15) is 6.61 Å². The first-order valence-corrected chi connectivity index (χ1v) is 7.71. The predicted octanol–water partition coefficient (Wildman–Crippen LogP) is 1.74. The molecule has 0 spiro atoms. The lowest BCUT2D eigenvalue weighted by Gasteiger charge is -2.63. The second kappa shape index (κ2) is 4.19. The number of aliphatic carboxylic acids is 1. The third kappa shape index (κ3) is 2.00. The van der Waals surface area contributed by atoms with E-state index in [9.17, 15) is 4.79 Å². The van der Waals surface area contributed by atoms with E-state index in [0.29, 0.717) is 5.54 Å². The van der Waals surface area contributed by atoms with Crippen LogP contribution in [0.15, 0.2) is 0 Å². The molecular weight excluding hydrogens is 242 g/mol. The fraction of sp³-hybridized carbons (Fsp3) is 0.933. The molecule has 1 saturated heterocycles. The van der Waals surface area contributed by atoms with Crippen molar-refractivity contribution in [1.82, 2.24) is 4.90 Å². The third-order valence-electron chi connectivity index (χ3n) is 5.97. The molecule has 4 saturated carbocycles. The molecule has 1 N–H and O–H groups in total. The smallest absolute Gasteiger partial charge is 0.329 e. The summed E-state index contributed by atoms with van der Waals surface area (Å²) in [6, 6.07) is 0.